The van der Waals surface area contributed by atoms with E-state index in [0.717, 1.165) is 6.07 Å². The van der Waals surface area contributed by atoms with Crippen LogP contribution in [0.3, 0.4) is 0 Å². The molecule has 0 bridgehead atoms. The SMILES string of the molecule is C[C@H](OC(=O)c1ccc(N(C)C)c([N+](=O)[O-])c1)C(=O)N[C@@H]1CCS(=O)(=O)C1. The van der Waals surface area contributed by atoms with E-state index < -0.39 is 38.8 Å². The normalized spacial score (nSPS) is 19.1. The molecule has 148 valence electrons. The van der Waals surface area contributed by atoms with Crippen LogP contribution < -0.4 is 10.2 Å². The number of anilines is 1. The zero-order valence-electron chi connectivity index (χ0n) is 15.2. The molecule has 1 amide bonds. The van der Waals surface area contributed by atoms with Crippen LogP contribution >= 0.6 is 0 Å². The lowest BCUT2D eigenvalue weighted by Gasteiger charge is -2.17. The summed E-state index contributed by atoms with van der Waals surface area (Å²) >= 11 is 0. The van der Waals surface area contributed by atoms with Gasteiger partial charge in [0.2, 0.25) is 0 Å². The number of carbonyl (C=O) groups is 2. The van der Waals surface area contributed by atoms with Crippen molar-refractivity contribution in [1.82, 2.24) is 5.32 Å². The zero-order chi connectivity index (χ0) is 20.4. The minimum absolute atomic E-state index is 0.00794. The summed E-state index contributed by atoms with van der Waals surface area (Å²) in [5.41, 5.74) is 0.00268. The number of amides is 1. The summed E-state index contributed by atoms with van der Waals surface area (Å²) < 4.78 is 27.9. The monoisotopic (exact) mass is 399 g/mol. The van der Waals surface area contributed by atoms with E-state index >= 15 is 0 Å². The van der Waals surface area contributed by atoms with E-state index in [1.165, 1.54) is 19.1 Å². The Hall–Kier alpha value is -2.69. The molecule has 1 N–H and O–H groups in total. The predicted molar refractivity (Wildman–Crippen MR) is 97.5 cm³/mol. The molecule has 0 unspecified atom stereocenters. The molecule has 10 nitrogen and oxygen atoms in total. The van der Waals surface area contributed by atoms with Gasteiger partial charge in [-0.3, -0.25) is 14.9 Å². The number of rotatable bonds is 6. The van der Waals surface area contributed by atoms with Crippen LogP contribution in [-0.2, 0) is 19.4 Å². The van der Waals surface area contributed by atoms with E-state index in [1.54, 1.807) is 19.0 Å². The number of nitro benzene ring substituents is 1. The van der Waals surface area contributed by atoms with Crippen molar-refractivity contribution in [1.29, 1.82) is 0 Å². The Balaban J connectivity index is 2.04. The Morgan fingerprint density at radius 3 is 2.56 bits per heavy atom. The largest absolute Gasteiger partial charge is 0.449 e. The van der Waals surface area contributed by atoms with Gasteiger partial charge in [-0.15, -0.1) is 0 Å². The third kappa shape index (κ3) is 5.16. The van der Waals surface area contributed by atoms with Crippen LogP contribution in [0.15, 0.2) is 18.2 Å². The second-order valence-electron chi connectivity index (χ2n) is 6.51. The van der Waals surface area contributed by atoms with E-state index in [2.05, 4.69) is 5.32 Å². The lowest BCUT2D eigenvalue weighted by molar-refractivity contribution is -0.384. The quantitative estimate of drug-likeness (QED) is 0.415. The maximum Gasteiger partial charge on any atom is 0.339 e. The number of esters is 1. The summed E-state index contributed by atoms with van der Waals surface area (Å²) in [6, 6.07) is 3.37. The number of sulfone groups is 1. The van der Waals surface area contributed by atoms with Crippen LogP contribution in [0.2, 0.25) is 0 Å². The molecule has 1 aliphatic rings. The Morgan fingerprint density at radius 1 is 1.37 bits per heavy atom. The van der Waals surface area contributed by atoms with Crippen LogP contribution in [0.1, 0.15) is 23.7 Å². The molecule has 1 aliphatic heterocycles. The molecule has 1 aromatic carbocycles. The summed E-state index contributed by atoms with van der Waals surface area (Å²) in [5, 5.41) is 13.7. The van der Waals surface area contributed by atoms with Gasteiger partial charge in [-0.2, -0.15) is 0 Å². The van der Waals surface area contributed by atoms with Crippen LogP contribution in [0, 0.1) is 10.1 Å². The van der Waals surface area contributed by atoms with Crippen LogP contribution in [0.25, 0.3) is 0 Å². The van der Waals surface area contributed by atoms with Gasteiger partial charge in [0.1, 0.15) is 5.69 Å². The highest BCUT2D eigenvalue weighted by Gasteiger charge is 2.31. The maximum absolute atomic E-state index is 12.2. The van der Waals surface area contributed by atoms with Gasteiger partial charge in [-0.1, -0.05) is 0 Å². The minimum Gasteiger partial charge on any atom is -0.449 e. The number of hydrogen-bond acceptors (Lipinski definition) is 8. The highest BCUT2D eigenvalue weighted by molar-refractivity contribution is 7.91. The standard InChI is InChI=1S/C16H21N3O7S/c1-10(15(20)17-12-6-7-27(24,25)9-12)26-16(21)11-4-5-13(18(2)3)14(8-11)19(22)23/h4-5,8,10,12H,6-7,9H2,1-3H3,(H,17,20)/t10-,12+/m0/s1. The molecule has 2 atom stereocenters. The van der Waals surface area contributed by atoms with Gasteiger partial charge in [0.15, 0.2) is 15.9 Å². The molecule has 0 aliphatic carbocycles. The first kappa shape index (κ1) is 20.6. The molecule has 0 saturated carbocycles. The van der Waals surface area contributed by atoms with E-state index in [1.807, 2.05) is 0 Å². The summed E-state index contributed by atoms with van der Waals surface area (Å²) in [6.45, 7) is 1.35. The Labute approximate surface area is 156 Å². The van der Waals surface area contributed by atoms with Gasteiger partial charge in [0.05, 0.1) is 22.0 Å². The van der Waals surface area contributed by atoms with E-state index in [-0.39, 0.29) is 22.8 Å². The lowest BCUT2D eigenvalue weighted by Crippen LogP contribution is -2.42. The first-order valence-electron chi connectivity index (χ1n) is 8.17. The minimum atomic E-state index is -3.15. The van der Waals surface area contributed by atoms with Gasteiger partial charge in [-0.05, 0) is 25.5 Å². The summed E-state index contributed by atoms with van der Waals surface area (Å²) in [7, 11) is 0.123. The molecule has 0 radical (unpaired) electrons. The molecule has 2 rings (SSSR count). The third-order valence-electron chi connectivity index (χ3n) is 4.12. The van der Waals surface area contributed by atoms with Crippen molar-refractivity contribution in [2.75, 3.05) is 30.5 Å². The number of carbonyl (C=O) groups excluding carboxylic acids is 2. The van der Waals surface area contributed by atoms with E-state index in [0.29, 0.717) is 12.1 Å². The molecule has 1 aromatic rings. The van der Waals surface area contributed by atoms with Crippen LogP contribution in [-0.4, -0.2) is 63.0 Å². The molecule has 1 heterocycles. The molecule has 0 aromatic heterocycles. The molecule has 27 heavy (non-hydrogen) atoms. The van der Waals surface area contributed by atoms with Crippen molar-refractivity contribution < 1.29 is 27.7 Å². The second-order valence-corrected chi connectivity index (χ2v) is 8.74. The van der Waals surface area contributed by atoms with E-state index in [4.69, 9.17) is 4.74 Å². The number of benzene rings is 1. The molecular formula is C16H21N3O7S. The molecule has 1 saturated heterocycles. The average molecular weight is 399 g/mol. The van der Waals surface area contributed by atoms with Crippen molar-refractivity contribution in [3.63, 3.8) is 0 Å². The van der Waals surface area contributed by atoms with Crippen molar-refractivity contribution >= 4 is 33.1 Å². The lowest BCUT2D eigenvalue weighted by atomic mass is 10.1. The molecular weight excluding hydrogens is 378 g/mol. The fraction of sp³-hybridized carbons (Fsp3) is 0.500. The molecule has 0 spiro atoms. The fourth-order valence-electron chi connectivity index (χ4n) is 2.68. The summed E-state index contributed by atoms with van der Waals surface area (Å²) in [4.78, 5) is 36.4. The number of nitro groups is 1. The van der Waals surface area contributed by atoms with Gasteiger partial charge in [-0.25, -0.2) is 13.2 Å². The van der Waals surface area contributed by atoms with Gasteiger partial charge < -0.3 is 15.0 Å². The second kappa shape index (κ2) is 7.91. The number of nitrogens with one attached hydrogen (secondary N) is 1. The Kier molecular flexibility index (Phi) is 6.04. The Morgan fingerprint density at radius 2 is 2.04 bits per heavy atom. The van der Waals surface area contributed by atoms with Crippen molar-refractivity contribution in [2.24, 2.45) is 0 Å². The predicted octanol–water partition coefficient (Wildman–Crippen LogP) is 0.509. The van der Waals surface area contributed by atoms with Crippen molar-refractivity contribution in [3.05, 3.63) is 33.9 Å². The molecule has 1 fully saturated rings. The number of hydrogen-bond donors (Lipinski definition) is 1. The smallest absolute Gasteiger partial charge is 0.339 e. The van der Waals surface area contributed by atoms with Gasteiger partial charge >= 0.3 is 5.97 Å². The van der Waals surface area contributed by atoms with Crippen molar-refractivity contribution in [3.8, 4) is 0 Å². The number of ether oxygens (including phenoxy) is 1. The van der Waals surface area contributed by atoms with Crippen molar-refractivity contribution in [2.45, 2.75) is 25.5 Å². The Bertz CT molecular complexity index is 867. The summed E-state index contributed by atoms with van der Waals surface area (Å²) in [5.74, 6) is -1.64. The average Bonchev–Trinajstić information content (AvgIpc) is 2.92. The topological polar surface area (TPSA) is 136 Å². The summed E-state index contributed by atoms with van der Waals surface area (Å²) in [6.07, 6.45) is -0.860. The zero-order valence-corrected chi connectivity index (χ0v) is 16.0. The van der Waals surface area contributed by atoms with E-state index in [9.17, 15) is 28.1 Å². The highest BCUT2D eigenvalue weighted by atomic mass is 32.2. The van der Waals surface area contributed by atoms with Gasteiger partial charge in [0, 0.05) is 26.2 Å². The third-order valence-corrected chi connectivity index (χ3v) is 5.89. The first-order valence-corrected chi connectivity index (χ1v) is 10.00. The molecule has 11 heteroatoms. The van der Waals surface area contributed by atoms with Gasteiger partial charge in [0.25, 0.3) is 11.6 Å². The number of nitrogens with zero attached hydrogens (tertiary/aromatic N) is 2. The van der Waals surface area contributed by atoms with Crippen LogP contribution in [0.4, 0.5) is 11.4 Å². The fourth-order valence-corrected chi connectivity index (χ4v) is 4.36. The highest BCUT2D eigenvalue weighted by Crippen LogP contribution is 2.28. The first-order chi connectivity index (χ1) is 12.5. The van der Waals surface area contributed by atoms with Crippen LogP contribution in [0.5, 0.6) is 0 Å². The maximum atomic E-state index is 12.2.